The molecule has 9 heteroatoms. The molecule has 8 nitrogen and oxygen atoms in total. The van der Waals surface area contributed by atoms with Crippen molar-refractivity contribution in [2.75, 3.05) is 5.32 Å². The van der Waals surface area contributed by atoms with E-state index in [4.69, 9.17) is 5.14 Å². The highest BCUT2D eigenvalue weighted by molar-refractivity contribution is 7.89. The van der Waals surface area contributed by atoms with Crippen LogP contribution in [0.2, 0.25) is 0 Å². The van der Waals surface area contributed by atoms with Crippen molar-refractivity contribution in [1.29, 1.82) is 0 Å². The number of nitrogens with two attached hydrogens (primary N) is 1. The first-order valence-electron chi connectivity index (χ1n) is 9.89. The SMILES string of the molecule is CCCn1c(=O)n(CCC(=O)Nc2ccc(CC)c(S(N)(=O)=O)c2)c2ccccc21. The van der Waals surface area contributed by atoms with Gasteiger partial charge in [-0.05, 0) is 42.7 Å². The van der Waals surface area contributed by atoms with Gasteiger partial charge in [0.05, 0.1) is 15.9 Å². The third-order valence-electron chi connectivity index (χ3n) is 4.97. The molecule has 0 fully saturated rings. The number of primary sulfonamides is 1. The van der Waals surface area contributed by atoms with E-state index in [9.17, 15) is 18.0 Å². The molecule has 160 valence electrons. The first-order valence-corrected chi connectivity index (χ1v) is 11.4. The van der Waals surface area contributed by atoms with Crippen molar-refractivity contribution in [3.8, 4) is 0 Å². The number of carbonyl (C=O) groups is 1. The molecule has 0 saturated carbocycles. The first-order chi connectivity index (χ1) is 14.3. The van der Waals surface area contributed by atoms with E-state index < -0.39 is 10.0 Å². The van der Waals surface area contributed by atoms with Gasteiger partial charge in [0.15, 0.2) is 0 Å². The molecular weight excluding hydrogens is 404 g/mol. The molecule has 0 unspecified atom stereocenters. The van der Waals surface area contributed by atoms with Gasteiger partial charge in [-0.25, -0.2) is 18.4 Å². The van der Waals surface area contributed by atoms with Gasteiger partial charge in [-0.3, -0.25) is 13.9 Å². The number of carbonyl (C=O) groups excluding carboxylic acids is 1. The number of amides is 1. The van der Waals surface area contributed by atoms with Crippen LogP contribution < -0.4 is 16.1 Å². The lowest BCUT2D eigenvalue weighted by atomic mass is 10.1. The standard InChI is InChI=1S/C21H26N4O4S/c1-3-12-24-17-7-5-6-8-18(17)25(21(24)27)13-11-20(26)23-16-10-9-15(4-2)19(14-16)30(22,28)29/h5-10,14H,3-4,11-13H2,1-2H3,(H,23,26)(H2,22,28,29). The second-order valence-corrected chi connectivity index (χ2v) is 8.62. The fraction of sp³-hybridized carbons (Fsp3) is 0.333. The van der Waals surface area contributed by atoms with Crippen LogP contribution in [0.5, 0.6) is 0 Å². The van der Waals surface area contributed by atoms with E-state index in [2.05, 4.69) is 5.32 Å². The Labute approximate surface area is 175 Å². The summed E-state index contributed by atoms with van der Waals surface area (Å²) in [5, 5.41) is 7.98. The van der Waals surface area contributed by atoms with Gasteiger partial charge >= 0.3 is 5.69 Å². The van der Waals surface area contributed by atoms with Gasteiger partial charge < -0.3 is 5.32 Å². The van der Waals surface area contributed by atoms with Crippen LogP contribution in [0.3, 0.4) is 0 Å². The van der Waals surface area contributed by atoms with Crippen LogP contribution in [-0.4, -0.2) is 23.5 Å². The monoisotopic (exact) mass is 430 g/mol. The van der Waals surface area contributed by atoms with Crippen LogP contribution in [-0.2, 0) is 34.3 Å². The van der Waals surface area contributed by atoms with E-state index >= 15 is 0 Å². The maximum Gasteiger partial charge on any atom is 0.329 e. The van der Waals surface area contributed by atoms with E-state index in [1.165, 1.54) is 6.07 Å². The predicted molar refractivity (Wildman–Crippen MR) is 117 cm³/mol. The predicted octanol–water partition coefficient (Wildman–Crippen LogP) is 2.45. The Bertz CT molecular complexity index is 1240. The quantitative estimate of drug-likeness (QED) is 0.571. The van der Waals surface area contributed by atoms with Crippen molar-refractivity contribution in [1.82, 2.24) is 9.13 Å². The zero-order chi connectivity index (χ0) is 21.9. The molecule has 1 aromatic heterocycles. The lowest BCUT2D eigenvalue weighted by Crippen LogP contribution is -2.26. The summed E-state index contributed by atoms with van der Waals surface area (Å²) in [6.45, 7) is 4.66. The van der Waals surface area contributed by atoms with Gasteiger partial charge in [-0.2, -0.15) is 0 Å². The van der Waals surface area contributed by atoms with E-state index in [0.717, 1.165) is 17.5 Å². The van der Waals surface area contributed by atoms with E-state index in [0.29, 0.717) is 24.2 Å². The molecule has 1 amide bonds. The highest BCUT2D eigenvalue weighted by Gasteiger charge is 2.16. The van der Waals surface area contributed by atoms with Gasteiger partial charge in [-0.1, -0.05) is 32.0 Å². The van der Waals surface area contributed by atoms with Gasteiger partial charge in [-0.15, -0.1) is 0 Å². The lowest BCUT2D eigenvalue weighted by molar-refractivity contribution is -0.116. The molecule has 3 rings (SSSR count). The van der Waals surface area contributed by atoms with Gasteiger partial charge in [0, 0.05) is 25.2 Å². The second kappa shape index (κ2) is 8.85. The summed E-state index contributed by atoms with van der Waals surface area (Å²) in [6.07, 6.45) is 1.40. The third kappa shape index (κ3) is 4.47. The average Bonchev–Trinajstić information content (AvgIpc) is 2.97. The zero-order valence-corrected chi connectivity index (χ0v) is 17.9. The normalized spacial score (nSPS) is 11.7. The molecule has 30 heavy (non-hydrogen) atoms. The Kier molecular flexibility index (Phi) is 6.42. The highest BCUT2D eigenvalue weighted by atomic mass is 32.2. The molecular formula is C21H26N4O4S. The minimum atomic E-state index is -3.89. The number of nitrogens with zero attached hydrogens (tertiary/aromatic N) is 2. The van der Waals surface area contributed by atoms with E-state index in [-0.39, 0.29) is 29.5 Å². The Morgan fingerprint density at radius 1 is 1.03 bits per heavy atom. The molecule has 3 aromatic rings. The molecule has 0 bridgehead atoms. The van der Waals surface area contributed by atoms with Crippen LogP contribution >= 0.6 is 0 Å². The minimum absolute atomic E-state index is 0.00153. The largest absolute Gasteiger partial charge is 0.329 e. The fourth-order valence-corrected chi connectivity index (χ4v) is 4.42. The third-order valence-corrected chi connectivity index (χ3v) is 5.97. The molecule has 3 N–H and O–H groups in total. The fourth-order valence-electron chi connectivity index (χ4n) is 3.55. The Balaban J connectivity index is 1.79. The number of nitrogens with one attached hydrogen (secondary N) is 1. The number of imidazole rings is 1. The van der Waals surface area contributed by atoms with Gasteiger partial charge in [0.25, 0.3) is 0 Å². The Morgan fingerprint density at radius 2 is 1.67 bits per heavy atom. The van der Waals surface area contributed by atoms with Crippen LogP contribution in [0.4, 0.5) is 5.69 Å². The summed E-state index contributed by atoms with van der Waals surface area (Å²) in [4.78, 5) is 25.3. The molecule has 2 aromatic carbocycles. The minimum Gasteiger partial charge on any atom is -0.326 e. The van der Waals surface area contributed by atoms with Crippen molar-refractivity contribution in [2.45, 2.75) is 51.1 Å². The lowest BCUT2D eigenvalue weighted by Gasteiger charge is -2.10. The number of anilines is 1. The van der Waals surface area contributed by atoms with Crippen molar-refractivity contribution >= 4 is 32.7 Å². The van der Waals surface area contributed by atoms with Gasteiger partial charge in [0.1, 0.15) is 0 Å². The van der Waals surface area contributed by atoms with Crippen LogP contribution in [0.1, 0.15) is 32.3 Å². The number of para-hydroxylation sites is 2. The number of hydrogen-bond acceptors (Lipinski definition) is 4. The average molecular weight is 431 g/mol. The van der Waals surface area contributed by atoms with Crippen molar-refractivity contribution in [3.05, 3.63) is 58.5 Å². The molecule has 0 radical (unpaired) electrons. The number of rotatable bonds is 8. The van der Waals surface area contributed by atoms with E-state index in [1.54, 1.807) is 21.3 Å². The molecule has 0 aliphatic carbocycles. The summed E-state index contributed by atoms with van der Waals surface area (Å²) < 4.78 is 26.9. The molecule has 0 spiro atoms. The number of aromatic nitrogens is 2. The maximum absolute atomic E-state index is 12.8. The molecule has 1 heterocycles. The van der Waals surface area contributed by atoms with Crippen molar-refractivity contribution in [3.63, 3.8) is 0 Å². The smallest absolute Gasteiger partial charge is 0.326 e. The summed E-state index contributed by atoms with van der Waals surface area (Å²) >= 11 is 0. The molecule has 0 saturated heterocycles. The number of benzene rings is 2. The molecule has 0 aliphatic rings. The van der Waals surface area contributed by atoms with Crippen molar-refractivity contribution < 1.29 is 13.2 Å². The molecule has 0 atom stereocenters. The number of sulfonamides is 1. The molecule has 0 aliphatic heterocycles. The van der Waals surface area contributed by atoms with Crippen molar-refractivity contribution in [2.24, 2.45) is 5.14 Å². The zero-order valence-electron chi connectivity index (χ0n) is 17.1. The van der Waals surface area contributed by atoms with Crippen LogP contribution in [0.15, 0.2) is 52.2 Å². The van der Waals surface area contributed by atoms with E-state index in [1.807, 2.05) is 38.1 Å². The first kappa shape index (κ1) is 21.8. The summed E-state index contributed by atoms with van der Waals surface area (Å²) in [5.74, 6) is -0.321. The topological polar surface area (TPSA) is 116 Å². The summed E-state index contributed by atoms with van der Waals surface area (Å²) in [6, 6.07) is 12.1. The number of hydrogen-bond donors (Lipinski definition) is 2. The Hall–Kier alpha value is -2.91. The maximum atomic E-state index is 12.8. The summed E-state index contributed by atoms with van der Waals surface area (Å²) in [7, 11) is -3.89. The highest BCUT2D eigenvalue weighted by Crippen LogP contribution is 2.21. The van der Waals surface area contributed by atoms with Crippen LogP contribution in [0.25, 0.3) is 11.0 Å². The second-order valence-electron chi connectivity index (χ2n) is 7.09. The number of aryl methyl sites for hydroxylation is 3. The number of fused-ring (bicyclic) bond motifs is 1. The summed E-state index contributed by atoms with van der Waals surface area (Å²) in [5.41, 5.74) is 2.42. The Morgan fingerprint density at radius 3 is 2.23 bits per heavy atom. The van der Waals surface area contributed by atoms with Crippen LogP contribution in [0, 0.1) is 0 Å². The van der Waals surface area contributed by atoms with Gasteiger partial charge in [0.2, 0.25) is 15.9 Å².